The second-order valence-corrected chi connectivity index (χ2v) is 5.67. The highest BCUT2D eigenvalue weighted by Gasteiger charge is 2.20. The van der Waals surface area contributed by atoms with E-state index in [4.69, 9.17) is 5.11 Å². The van der Waals surface area contributed by atoms with Crippen LogP contribution in [0.15, 0.2) is 12.1 Å². The molecule has 88 valence electrons. The maximum Gasteiger partial charge on any atom is 0.345 e. The Bertz CT molecular complexity index is 404. The van der Waals surface area contributed by atoms with Crippen LogP contribution in [0, 0.1) is 5.41 Å². The summed E-state index contributed by atoms with van der Waals surface area (Å²) in [4.78, 5) is 23.3. The Hall–Kier alpha value is -1.36. The van der Waals surface area contributed by atoms with Crippen molar-refractivity contribution in [3.05, 3.63) is 21.9 Å². The van der Waals surface area contributed by atoms with Crippen LogP contribution in [0.2, 0.25) is 0 Å². The number of hydrogen-bond donors (Lipinski definition) is 2. The molecule has 1 amide bonds. The van der Waals surface area contributed by atoms with E-state index < -0.39 is 11.4 Å². The van der Waals surface area contributed by atoms with Crippen LogP contribution in [0.25, 0.3) is 0 Å². The number of carbonyl (C=O) groups is 2. The number of rotatable bonds is 3. The Morgan fingerprint density at radius 2 is 2.00 bits per heavy atom. The number of amides is 1. The lowest BCUT2D eigenvalue weighted by Gasteiger charge is -2.17. The number of carboxylic acid groups (broad SMARTS) is 1. The largest absolute Gasteiger partial charge is 0.477 e. The molecule has 16 heavy (non-hydrogen) atoms. The lowest BCUT2D eigenvalue weighted by atomic mass is 9.96. The predicted octanol–water partition coefficient (Wildman–Crippen LogP) is 2.11. The monoisotopic (exact) mass is 241 g/mol. The average molecular weight is 241 g/mol. The molecule has 5 heteroatoms. The van der Waals surface area contributed by atoms with E-state index in [0.717, 1.165) is 4.88 Å². The second kappa shape index (κ2) is 4.65. The van der Waals surface area contributed by atoms with Gasteiger partial charge in [0.1, 0.15) is 4.88 Å². The van der Waals surface area contributed by atoms with Crippen molar-refractivity contribution in [2.24, 2.45) is 5.41 Å². The topological polar surface area (TPSA) is 66.4 Å². The molecule has 0 unspecified atom stereocenters. The van der Waals surface area contributed by atoms with Crippen molar-refractivity contribution in [2.45, 2.75) is 27.3 Å². The molecule has 0 bridgehead atoms. The standard InChI is InChI=1S/C11H15NO3S/c1-11(2,3)10(15)12-6-7-4-5-8(16-7)9(13)14/h4-5H,6H2,1-3H3,(H,12,15)(H,13,14). The first kappa shape index (κ1) is 12.7. The molecule has 0 aliphatic rings. The fourth-order valence-corrected chi connectivity index (χ4v) is 1.81. The van der Waals surface area contributed by atoms with Crippen molar-refractivity contribution in [3.63, 3.8) is 0 Å². The minimum atomic E-state index is -0.932. The Morgan fingerprint density at radius 3 is 2.44 bits per heavy atom. The van der Waals surface area contributed by atoms with Gasteiger partial charge in [0, 0.05) is 10.3 Å². The SMILES string of the molecule is CC(C)(C)C(=O)NCc1ccc(C(=O)O)s1. The van der Waals surface area contributed by atoms with Gasteiger partial charge in [0.25, 0.3) is 0 Å². The van der Waals surface area contributed by atoms with E-state index in [-0.39, 0.29) is 5.91 Å². The van der Waals surface area contributed by atoms with E-state index in [9.17, 15) is 9.59 Å². The third-order valence-corrected chi connectivity index (χ3v) is 3.05. The molecule has 2 N–H and O–H groups in total. The van der Waals surface area contributed by atoms with E-state index in [0.29, 0.717) is 11.4 Å². The first-order chi connectivity index (χ1) is 7.30. The molecule has 0 aliphatic carbocycles. The summed E-state index contributed by atoms with van der Waals surface area (Å²) in [6.07, 6.45) is 0. The van der Waals surface area contributed by atoms with Crippen molar-refractivity contribution in [2.75, 3.05) is 0 Å². The molecule has 1 aromatic heterocycles. The number of thiophene rings is 1. The Morgan fingerprint density at radius 1 is 1.38 bits per heavy atom. The van der Waals surface area contributed by atoms with E-state index >= 15 is 0 Å². The van der Waals surface area contributed by atoms with Gasteiger partial charge in [-0.3, -0.25) is 4.79 Å². The summed E-state index contributed by atoms with van der Waals surface area (Å²) in [7, 11) is 0. The first-order valence-corrected chi connectivity index (χ1v) is 5.72. The molecular formula is C11H15NO3S. The lowest BCUT2D eigenvalue weighted by Crippen LogP contribution is -2.34. The third kappa shape index (κ3) is 3.34. The molecule has 0 spiro atoms. The minimum Gasteiger partial charge on any atom is -0.477 e. The van der Waals surface area contributed by atoms with Gasteiger partial charge in [0.2, 0.25) is 5.91 Å². The molecule has 0 radical (unpaired) electrons. The fourth-order valence-electron chi connectivity index (χ4n) is 1.02. The van der Waals surface area contributed by atoms with Crippen LogP contribution in [-0.4, -0.2) is 17.0 Å². The van der Waals surface area contributed by atoms with E-state index in [2.05, 4.69) is 5.32 Å². The molecule has 1 heterocycles. The molecule has 0 aliphatic heterocycles. The quantitative estimate of drug-likeness (QED) is 0.851. The van der Waals surface area contributed by atoms with Gasteiger partial charge in [-0.1, -0.05) is 20.8 Å². The Labute approximate surface area is 98.3 Å². The van der Waals surface area contributed by atoms with Gasteiger partial charge in [0.05, 0.1) is 6.54 Å². The van der Waals surface area contributed by atoms with Crippen molar-refractivity contribution < 1.29 is 14.7 Å². The zero-order chi connectivity index (χ0) is 12.3. The van der Waals surface area contributed by atoms with Gasteiger partial charge in [-0.2, -0.15) is 0 Å². The van der Waals surface area contributed by atoms with Crippen molar-refractivity contribution in [1.29, 1.82) is 0 Å². The summed E-state index contributed by atoms with van der Waals surface area (Å²) in [6.45, 7) is 5.88. The number of carbonyl (C=O) groups excluding carboxylic acids is 1. The summed E-state index contributed by atoms with van der Waals surface area (Å²) < 4.78 is 0. The molecule has 0 fully saturated rings. The van der Waals surface area contributed by atoms with Crippen molar-refractivity contribution >= 4 is 23.2 Å². The smallest absolute Gasteiger partial charge is 0.345 e. The molecule has 0 saturated carbocycles. The van der Waals surface area contributed by atoms with Crippen LogP contribution in [0.1, 0.15) is 35.3 Å². The summed E-state index contributed by atoms with van der Waals surface area (Å²) in [5, 5.41) is 11.5. The van der Waals surface area contributed by atoms with Gasteiger partial charge >= 0.3 is 5.97 Å². The van der Waals surface area contributed by atoms with Crippen LogP contribution in [-0.2, 0) is 11.3 Å². The highest BCUT2D eigenvalue weighted by Crippen LogP contribution is 2.17. The van der Waals surface area contributed by atoms with Gasteiger partial charge in [0.15, 0.2) is 0 Å². The van der Waals surface area contributed by atoms with Crippen LogP contribution in [0.5, 0.6) is 0 Å². The number of aromatic carboxylic acids is 1. The molecule has 0 aromatic carbocycles. The summed E-state index contributed by atoms with van der Waals surface area (Å²) in [5.41, 5.74) is -0.424. The van der Waals surface area contributed by atoms with Gasteiger partial charge in [-0.05, 0) is 12.1 Å². The number of carboxylic acids is 1. The van der Waals surface area contributed by atoms with Crippen molar-refractivity contribution in [1.82, 2.24) is 5.32 Å². The average Bonchev–Trinajstić information content (AvgIpc) is 2.60. The normalized spacial score (nSPS) is 11.2. The van der Waals surface area contributed by atoms with E-state index in [1.54, 1.807) is 12.1 Å². The zero-order valence-electron chi connectivity index (χ0n) is 9.53. The van der Waals surface area contributed by atoms with Crippen LogP contribution < -0.4 is 5.32 Å². The van der Waals surface area contributed by atoms with E-state index in [1.807, 2.05) is 20.8 Å². The summed E-state index contributed by atoms with van der Waals surface area (Å²) in [5.74, 6) is -0.976. The summed E-state index contributed by atoms with van der Waals surface area (Å²) >= 11 is 1.18. The highest BCUT2D eigenvalue weighted by molar-refractivity contribution is 7.13. The fraction of sp³-hybridized carbons (Fsp3) is 0.455. The zero-order valence-corrected chi connectivity index (χ0v) is 10.4. The summed E-state index contributed by atoms with van der Waals surface area (Å²) in [6, 6.07) is 3.27. The van der Waals surface area contributed by atoms with E-state index in [1.165, 1.54) is 11.3 Å². The van der Waals surface area contributed by atoms with Crippen LogP contribution in [0.3, 0.4) is 0 Å². The van der Waals surface area contributed by atoms with Gasteiger partial charge < -0.3 is 10.4 Å². The predicted molar refractivity (Wildman–Crippen MR) is 62.6 cm³/mol. The Kier molecular flexibility index (Phi) is 3.70. The minimum absolute atomic E-state index is 0.0437. The number of nitrogens with one attached hydrogen (secondary N) is 1. The Balaban J connectivity index is 2.55. The molecule has 1 aromatic rings. The van der Waals surface area contributed by atoms with Gasteiger partial charge in [-0.15, -0.1) is 11.3 Å². The first-order valence-electron chi connectivity index (χ1n) is 4.91. The maximum absolute atomic E-state index is 11.6. The molecule has 0 atom stereocenters. The maximum atomic E-state index is 11.6. The second-order valence-electron chi connectivity index (χ2n) is 4.50. The van der Waals surface area contributed by atoms with Crippen LogP contribution >= 0.6 is 11.3 Å². The molecule has 4 nitrogen and oxygen atoms in total. The highest BCUT2D eigenvalue weighted by atomic mass is 32.1. The van der Waals surface area contributed by atoms with Gasteiger partial charge in [-0.25, -0.2) is 4.79 Å². The lowest BCUT2D eigenvalue weighted by molar-refractivity contribution is -0.128. The molecular weight excluding hydrogens is 226 g/mol. The van der Waals surface area contributed by atoms with Crippen molar-refractivity contribution in [3.8, 4) is 0 Å². The number of hydrogen-bond acceptors (Lipinski definition) is 3. The van der Waals surface area contributed by atoms with Crippen LogP contribution in [0.4, 0.5) is 0 Å². The third-order valence-electron chi connectivity index (χ3n) is 1.98. The molecule has 1 rings (SSSR count). The molecule has 0 saturated heterocycles.